The fraction of sp³-hybridized carbons (Fsp3) is 0.263. The zero-order valence-electron chi connectivity index (χ0n) is 14.7. The van der Waals surface area contributed by atoms with E-state index in [2.05, 4.69) is 21.2 Å². The molecule has 0 atom stereocenters. The maximum Gasteiger partial charge on any atom is 0.328 e. The van der Waals surface area contributed by atoms with Crippen LogP contribution < -0.4 is 15.7 Å². The van der Waals surface area contributed by atoms with Gasteiger partial charge in [0, 0.05) is 30.7 Å². The van der Waals surface area contributed by atoms with Gasteiger partial charge < -0.3 is 10.1 Å². The van der Waals surface area contributed by atoms with E-state index in [0.717, 1.165) is 21.3 Å². The van der Waals surface area contributed by atoms with E-state index in [1.807, 2.05) is 36.4 Å². The Morgan fingerprint density at radius 3 is 2.65 bits per heavy atom. The van der Waals surface area contributed by atoms with Crippen LogP contribution in [-0.4, -0.2) is 21.6 Å². The number of aryl methyl sites for hydroxylation is 2. The lowest BCUT2D eigenvalue weighted by Crippen LogP contribution is -2.19. The first-order valence-corrected chi connectivity index (χ1v) is 9.08. The van der Waals surface area contributed by atoms with Gasteiger partial charge >= 0.3 is 5.69 Å². The number of hydrogen-bond donors (Lipinski definition) is 1. The van der Waals surface area contributed by atoms with Crippen LogP contribution in [0.15, 0.2) is 51.7 Å². The highest BCUT2D eigenvalue weighted by atomic mass is 79.9. The molecule has 1 N–H and O–H groups in total. The van der Waals surface area contributed by atoms with Gasteiger partial charge in [-0.15, -0.1) is 0 Å². The molecule has 6 nitrogen and oxygen atoms in total. The molecule has 1 aromatic heterocycles. The molecule has 7 heteroatoms. The Bertz CT molecular complexity index is 1010. The predicted molar refractivity (Wildman–Crippen MR) is 106 cm³/mol. The maximum absolute atomic E-state index is 12.1. The van der Waals surface area contributed by atoms with Crippen LogP contribution in [0.25, 0.3) is 11.0 Å². The average molecular weight is 418 g/mol. The van der Waals surface area contributed by atoms with Crippen molar-refractivity contribution in [2.24, 2.45) is 14.1 Å². The number of carbonyl (C=O) groups excluding carboxylic acids is 1. The second-order valence-corrected chi connectivity index (χ2v) is 6.98. The van der Waals surface area contributed by atoms with Crippen LogP contribution in [0.5, 0.6) is 5.75 Å². The van der Waals surface area contributed by atoms with Crippen LogP contribution in [0.2, 0.25) is 0 Å². The Morgan fingerprint density at radius 2 is 1.88 bits per heavy atom. The molecule has 0 aliphatic rings. The van der Waals surface area contributed by atoms with Gasteiger partial charge in [0.05, 0.1) is 17.6 Å². The molecule has 1 amide bonds. The second-order valence-electron chi connectivity index (χ2n) is 6.06. The number of nitrogens with zero attached hydrogens (tertiary/aromatic N) is 2. The molecule has 136 valence electrons. The van der Waals surface area contributed by atoms with E-state index in [1.165, 1.54) is 0 Å². The van der Waals surface area contributed by atoms with Gasteiger partial charge in [0.15, 0.2) is 0 Å². The minimum atomic E-state index is -0.0897. The first-order chi connectivity index (χ1) is 12.5. The van der Waals surface area contributed by atoms with Crippen molar-refractivity contribution in [3.63, 3.8) is 0 Å². The van der Waals surface area contributed by atoms with Crippen molar-refractivity contribution in [3.8, 4) is 5.75 Å². The first-order valence-electron chi connectivity index (χ1n) is 8.29. The number of benzene rings is 2. The summed E-state index contributed by atoms with van der Waals surface area (Å²) in [5.74, 6) is 0.693. The Labute approximate surface area is 159 Å². The Morgan fingerprint density at radius 1 is 1.12 bits per heavy atom. The number of aromatic nitrogens is 2. The number of ether oxygens (including phenoxy) is 1. The van der Waals surface area contributed by atoms with Gasteiger partial charge in [0.2, 0.25) is 5.91 Å². The Kier molecular flexibility index (Phi) is 5.46. The normalized spacial score (nSPS) is 10.9. The van der Waals surface area contributed by atoms with E-state index in [4.69, 9.17) is 4.74 Å². The third-order valence-electron chi connectivity index (χ3n) is 4.17. The number of rotatable bonds is 6. The fourth-order valence-electron chi connectivity index (χ4n) is 2.79. The van der Waals surface area contributed by atoms with Crippen LogP contribution in [-0.2, 0) is 18.9 Å². The highest BCUT2D eigenvalue weighted by Gasteiger charge is 2.09. The summed E-state index contributed by atoms with van der Waals surface area (Å²) in [4.78, 5) is 24.1. The molecule has 0 aliphatic heterocycles. The van der Waals surface area contributed by atoms with Crippen LogP contribution in [0.4, 0.5) is 5.69 Å². The van der Waals surface area contributed by atoms with E-state index >= 15 is 0 Å². The number of halogens is 1. The zero-order chi connectivity index (χ0) is 18.7. The Balaban J connectivity index is 1.54. The summed E-state index contributed by atoms with van der Waals surface area (Å²) in [6, 6.07) is 13.1. The largest absolute Gasteiger partial charge is 0.494 e. The van der Waals surface area contributed by atoms with Crippen LogP contribution >= 0.6 is 15.9 Å². The molecule has 26 heavy (non-hydrogen) atoms. The van der Waals surface area contributed by atoms with Gasteiger partial charge in [-0.2, -0.15) is 0 Å². The standard InChI is InChI=1S/C19H20BrN3O3/c1-22-16-9-8-14(12-17(16)23(2)19(22)25)21-18(24)7-4-10-26-15-6-3-5-13(20)11-15/h3,5-6,8-9,11-12H,4,7,10H2,1-2H3,(H,21,24). The van der Waals surface area contributed by atoms with Gasteiger partial charge in [-0.05, 0) is 42.8 Å². The van der Waals surface area contributed by atoms with Gasteiger partial charge in [-0.1, -0.05) is 22.0 Å². The maximum atomic E-state index is 12.1. The number of carbonyl (C=O) groups is 1. The lowest BCUT2D eigenvalue weighted by molar-refractivity contribution is -0.116. The number of fused-ring (bicyclic) bond motifs is 1. The van der Waals surface area contributed by atoms with Crippen molar-refractivity contribution >= 4 is 38.6 Å². The summed E-state index contributed by atoms with van der Waals surface area (Å²) in [6.07, 6.45) is 0.976. The average Bonchev–Trinajstić information content (AvgIpc) is 2.83. The van der Waals surface area contributed by atoms with Crippen molar-refractivity contribution in [3.05, 3.63) is 57.4 Å². The first kappa shape index (κ1) is 18.3. The van der Waals surface area contributed by atoms with E-state index < -0.39 is 0 Å². The SMILES string of the molecule is Cn1c(=O)n(C)c2cc(NC(=O)CCCOc3cccc(Br)c3)ccc21. The molecule has 3 rings (SSSR count). The molecule has 0 aliphatic carbocycles. The molecule has 0 bridgehead atoms. The van der Waals surface area contributed by atoms with Gasteiger partial charge in [0.1, 0.15) is 5.75 Å². The van der Waals surface area contributed by atoms with Crippen molar-refractivity contribution in [1.29, 1.82) is 0 Å². The molecular weight excluding hydrogens is 398 g/mol. The third-order valence-corrected chi connectivity index (χ3v) is 4.66. The van der Waals surface area contributed by atoms with E-state index in [-0.39, 0.29) is 11.6 Å². The molecule has 0 spiro atoms. The lowest BCUT2D eigenvalue weighted by atomic mass is 10.2. The van der Waals surface area contributed by atoms with Gasteiger partial charge in [0.25, 0.3) is 0 Å². The highest BCUT2D eigenvalue weighted by molar-refractivity contribution is 9.10. The number of hydrogen-bond acceptors (Lipinski definition) is 3. The minimum Gasteiger partial charge on any atom is -0.494 e. The monoisotopic (exact) mass is 417 g/mol. The van der Waals surface area contributed by atoms with E-state index in [9.17, 15) is 9.59 Å². The van der Waals surface area contributed by atoms with Gasteiger partial charge in [-0.3, -0.25) is 13.9 Å². The summed E-state index contributed by atoms with van der Waals surface area (Å²) in [7, 11) is 3.45. The zero-order valence-corrected chi connectivity index (χ0v) is 16.2. The smallest absolute Gasteiger partial charge is 0.328 e. The molecule has 2 aromatic carbocycles. The summed E-state index contributed by atoms with van der Waals surface area (Å²) < 4.78 is 9.73. The second kappa shape index (κ2) is 7.78. The fourth-order valence-corrected chi connectivity index (χ4v) is 3.17. The number of anilines is 1. The molecule has 0 unspecified atom stereocenters. The molecule has 1 heterocycles. The van der Waals surface area contributed by atoms with E-state index in [1.54, 1.807) is 29.3 Å². The molecular formula is C19H20BrN3O3. The van der Waals surface area contributed by atoms with Crippen LogP contribution in [0.1, 0.15) is 12.8 Å². The Hall–Kier alpha value is -2.54. The molecule has 0 radical (unpaired) electrons. The quantitative estimate of drug-likeness (QED) is 0.624. The van der Waals surface area contributed by atoms with Crippen molar-refractivity contribution in [2.45, 2.75) is 12.8 Å². The van der Waals surface area contributed by atoms with E-state index in [0.29, 0.717) is 25.1 Å². The molecule has 3 aromatic rings. The van der Waals surface area contributed by atoms with Gasteiger partial charge in [-0.25, -0.2) is 4.79 Å². The third kappa shape index (κ3) is 3.99. The predicted octanol–water partition coefficient (Wildman–Crippen LogP) is 3.44. The highest BCUT2D eigenvalue weighted by Crippen LogP contribution is 2.19. The summed E-state index contributed by atoms with van der Waals surface area (Å²) >= 11 is 3.39. The molecule has 0 saturated carbocycles. The van der Waals surface area contributed by atoms with Crippen LogP contribution in [0, 0.1) is 0 Å². The summed E-state index contributed by atoms with van der Waals surface area (Å²) in [5, 5.41) is 2.87. The minimum absolute atomic E-state index is 0.0804. The number of nitrogens with one attached hydrogen (secondary N) is 1. The van der Waals surface area contributed by atoms with Crippen molar-refractivity contribution in [2.75, 3.05) is 11.9 Å². The van der Waals surface area contributed by atoms with Crippen molar-refractivity contribution in [1.82, 2.24) is 9.13 Å². The number of imidazole rings is 1. The van der Waals surface area contributed by atoms with Crippen molar-refractivity contribution < 1.29 is 9.53 Å². The molecule has 0 saturated heterocycles. The topological polar surface area (TPSA) is 65.3 Å². The summed E-state index contributed by atoms with van der Waals surface area (Å²) in [6.45, 7) is 0.468. The van der Waals surface area contributed by atoms with Crippen LogP contribution in [0.3, 0.4) is 0 Å². The number of amides is 1. The summed E-state index contributed by atoms with van der Waals surface area (Å²) in [5.41, 5.74) is 2.20. The molecule has 0 fully saturated rings. The lowest BCUT2D eigenvalue weighted by Gasteiger charge is -2.08.